The third-order valence-electron chi connectivity index (χ3n) is 11.8. The summed E-state index contributed by atoms with van der Waals surface area (Å²) in [6, 6.07) is 53.8. The van der Waals surface area contributed by atoms with Gasteiger partial charge < -0.3 is 10.4 Å². The van der Waals surface area contributed by atoms with Crippen LogP contribution in [0.3, 0.4) is 0 Å². The number of aromatic hydroxyl groups is 1. The van der Waals surface area contributed by atoms with Gasteiger partial charge in [-0.05, 0) is 76.7 Å². The maximum absolute atomic E-state index is 11.1. The van der Waals surface area contributed by atoms with Gasteiger partial charge in [0.05, 0.1) is 0 Å². The van der Waals surface area contributed by atoms with Crippen LogP contribution in [-0.4, -0.2) is 24.9 Å². The molecule has 3 heteroatoms. The zero-order valence-corrected chi connectivity index (χ0v) is 35.3. The molecule has 0 saturated carbocycles. The fourth-order valence-electron chi connectivity index (χ4n) is 7.58. The molecule has 0 aliphatic rings. The molecule has 0 amide bonds. The van der Waals surface area contributed by atoms with Crippen LogP contribution in [0.25, 0.3) is 0 Å². The number of nitrogens with one attached hydrogen (secondary N) is 1. The summed E-state index contributed by atoms with van der Waals surface area (Å²) < 4.78 is 0. The van der Waals surface area contributed by atoms with Crippen molar-refractivity contribution in [3.63, 3.8) is 0 Å². The lowest BCUT2D eigenvalue weighted by atomic mass is 9.72. The molecule has 0 heterocycles. The minimum atomic E-state index is -0.309. The molecule has 0 radical (unpaired) electrons. The summed E-state index contributed by atoms with van der Waals surface area (Å²) in [5, 5.41) is 14.3. The van der Waals surface area contributed by atoms with Gasteiger partial charge in [0.15, 0.2) is 0 Å². The summed E-state index contributed by atoms with van der Waals surface area (Å²) in [5.74, 6) is 0.385. The Kier molecular flexibility index (Phi) is 13.2. The number of phenolic OH excluding ortho intramolecular Hbond substituents is 1. The van der Waals surface area contributed by atoms with E-state index in [1.54, 1.807) is 0 Å². The number of benzene rings is 6. The maximum Gasteiger partial charge on any atom is 0.124 e. The highest BCUT2D eigenvalue weighted by atomic mass is 16.3. The fraction of sp³-hybridized carbons (Fsp3) is 0.302. The topological polar surface area (TPSA) is 44.6 Å². The van der Waals surface area contributed by atoms with Crippen LogP contribution in [0.1, 0.15) is 118 Å². The second-order valence-corrected chi connectivity index (χ2v) is 17.0. The zero-order valence-electron chi connectivity index (χ0n) is 35.3. The van der Waals surface area contributed by atoms with Gasteiger partial charge in [-0.3, -0.25) is 4.99 Å². The molecular weight excluding hydrogens is 681 g/mol. The van der Waals surface area contributed by atoms with Gasteiger partial charge >= 0.3 is 0 Å². The van der Waals surface area contributed by atoms with E-state index in [9.17, 15) is 5.11 Å². The van der Waals surface area contributed by atoms with E-state index in [1.807, 2.05) is 25.4 Å². The average molecular weight is 743 g/mol. The summed E-state index contributed by atoms with van der Waals surface area (Å²) in [5.41, 5.74) is 11.4. The Hall–Kier alpha value is -5.25. The smallest absolute Gasteiger partial charge is 0.124 e. The second-order valence-electron chi connectivity index (χ2n) is 17.0. The van der Waals surface area contributed by atoms with Gasteiger partial charge in [-0.25, -0.2) is 0 Å². The quantitative estimate of drug-likeness (QED) is 0.123. The van der Waals surface area contributed by atoms with Crippen molar-refractivity contribution in [2.75, 3.05) is 13.6 Å². The lowest BCUT2D eigenvalue weighted by molar-refractivity contribution is 0.443. The fourth-order valence-corrected chi connectivity index (χ4v) is 7.58. The van der Waals surface area contributed by atoms with E-state index < -0.39 is 0 Å². The number of phenols is 1. The summed E-state index contributed by atoms with van der Waals surface area (Å²) in [4.78, 5) is 4.51. The van der Waals surface area contributed by atoms with Crippen LogP contribution in [-0.2, 0) is 28.2 Å². The molecule has 0 spiro atoms. The van der Waals surface area contributed by atoms with Crippen LogP contribution in [0.4, 0.5) is 0 Å². The zero-order chi connectivity index (χ0) is 40.6. The van der Waals surface area contributed by atoms with Gasteiger partial charge in [0, 0.05) is 52.1 Å². The predicted molar refractivity (Wildman–Crippen MR) is 240 cm³/mol. The highest BCUT2D eigenvalue weighted by Crippen LogP contribution is 2.43. The molecule has 0 aliphatic heterocycles. The molecule has 0 bridgehead atoms. The number of nitrogens with zero attached hydrogens (tertiary/aromatic N) is 1. The van der Waals surface area contributed by atoms with Crippen molar-refractivity contribution in [2.45, 2.75) is 90.5 Å². The molecule has 56 heavy (non-hydrogen) atoms. The third kappa shape index (κ3) is 9.23. The van der Waals surface area contributed by atoms with Crippen LogP contribution < -0.4 is 5.32 Å². The molecule has 3 nitrogen and oxygen atoms in total. The van der Waals surface area contributed by atoms with Crippen molar-refractivity contribution < 1.29 is 5.11 Å². The van der Waals surface area contributed by atoms with Crippen LogP contribution in [0.15, 0.2) is 157 Å². The number of hydrogen-bond donors (Lipinski definition) is 2. The molecule has 6 aromatic rings. The summed E-state index contributed by atoms with van der Waals surface area (Å²) in [7, 11) is 1.91. The van der Waals surface area contributed by atoms with E-state index in [0.717, 1.165) is 17.7 Å². The van der Waals surface area contributed by atoms with Crippen molar-refractivity contribution in [3.8, 4) is 5.75 Å². The number of rotatable bonds is 12. The minimum absolute atomic E-state index is 0.0845. The first kappa shape index (κ1) is 41.9. The SMILES string of the molecule is CCN=Cc1cc(C(C)(C)c2ccccc2)cc(C(C)(C)c2ccccc2)c1.CNCc1cc(C(C)(C)c2ccccc2)cc(C(C)(C)c2ccccc2)c1O. The van der Waals surface area contributed by atoms with Gasteiger partial charge in [0.25, 0.3) is 0 Å². The standard InChI is InChI=1S/C27H31N.C26H31NO/c1-6-28-20-21-17-24(26(2,3)22-13-9-7-10-14-22)19-25(18-21)27(4,5)23-15-11-8-12-16-23;1-25(2,20-12-8-6-9-13-20)22-16-19(18-27-5)24(28)23(17-22)26(3,4)21-14-10-7-11-15-21/h7-20H,6H2,1-5H3;6-17,27-28H,18H2,1-5H3. The Morgan fingerprint density at radius 1 is 0.482 bits per heavy atom. The first-order valence-electron chi connectivity index (χ1n) is 20.0. The highest BCUT2D eigenvalue weighted by molar-refractivity contribution is 5.81. The van der Waals surface area contributed by atoms with E-state index in [4.69, 9.17) is 0 Å². The van der Waals surface area contributed by atoms with E-state index in [2.05, 4.69) is 212 Å². The molecule has 0 aliphatic carbocycles. The molecular formula is C53H62N2O. The van der Waals surface area contributed by atoms with Gasteiger partial charge in [-0.2, -0.15) is 0 Å². The van der Waals surface area contributed by atoms with Gasteiger partial charge in [0.1, 0.15) is 5.75 Å². The first-order chi connectivity index (χ1) is 26.6. The molecule has 6 rings (SSSR count). The minimum Gasteiger partial charge on any atom is -0.507 e. The highest BCUT2D eigenvalue weighted by Gasteiger charge is 2.32. The predicted octanol–water partition coefficient (Wildman–Crippen LogP) is 12.5. The molecule has 0 fully saturated rings. The van der Waals surface area contributed by atoms with Crippen LogP contribution in [0.5, 0.6) is 5.75 Å². The Morgan fingerprint density at radius 3 is 1.20 bits per heavy atom. The van der Waals surface area contributed by atoms with Crippen molar-refractivity contribution >= 4 is 6.21 Å². The molecule has 0 aromatic heterocycles. The number of hydrogen-bond acceptors (Lipinski definition) is 3. The van der Waals surface area contributed by atoms with E-state index in [-0.39, 0.29) is 21.7 Å². The van der Waals surface area contributed by atoms with Gasteiger partial charge in [-0.15, -0.1) is 0 Å². The second kappa shape index (κ2) is 17.7. The first-order valence-corrected chi connectivity index (χ1v) is 20.0. The van der Waals surface area contributed by atoms with Gasteiger partial charge in [-0.1, -0.05) is 189 Å². The molecule has 0 atom stereocenters. The van der Waals surface area contributed by atoms with Crippen molar-refractivity contribution in [2.24, 2.45) is 4.99 Å². The van der Waals surface area contributed by atoms with Crippen LogP contribution in [0, 0.1) is 0 Å². The average Bonchev–Trinajstić information content (AvgIpc) is 3.22. The van der Waals surface area contributed by atoms with Crippen LogP contribution >= 0.6 is 0 Å². The normalized spacial score (nSPS) is 12.3. The summed E-state index contributed by atoms with van der Waals surface area (Å²) in [6.45, 7) is 21.6. The molecule has 0 saturated heterocycles. The van der Waals surface area contributed by atoms with Crippen molar-refractivity contribution in [1.82, 2.24) is 5.32 Å². The van der Waals surface area contributed by atoms with Crippen molar-refractivity contribution in [1.29, 1.82) is 0 Å². The lowest BCUT2D eigenvalue weighted by Gasteiger charge is -2.32. The Morgan fingerprint density at radius 2 is 0.839 bits per heavy atom. The van der Waals surface area contributed by atoms with Crippen LogP contribution in [0.2, 0.25) is 0 Å². The monoisotopic (exact) mass is 742 g/mol. The molecule has 2 N–H and O–H groups in total. The maximum atomic E-state index is 11.1. The van der Waals surface area contributed by atoms with Gasteiger partial charge in [0.2, 0.25) is 0 Å². The molecule has 290 valence electrons. The van der Waals surface area contributed by atoms with E-state index >= 15 is 0 Å². The summed E-state index contributed by atoms with van der Waals surface area (Å²) in [6.07, 6.45) is 2.01. The summed E-state index contributed by atoms with van der Waals surface area (Å²) >= 11 is 0. The number of aliphatic imine (C=N–C) groups is 1. The lowest BCUT2D eigenvalue weighted by Crippen LogP contribution is -2.24. The largest absolute Gasteiger partial charge is 0.507 e. The Balaban J connectivity index is 0.000000214. The Labute approximate surface area is 337 Å². The van der Waals surface area contributed by atoms with Crippen molar-refractivity contribution in [3.05, 3.63) is 207 Å². The van der Waals surface area contributed by atoms with E-state index in [1.165, 1.54) is 44.5 Å². The molecule has 6 aromatic carbocycles. The Bertz CT molecular complexity index is 2110. The third-order valence-corrected chi connectivity index (χ3v) is 11.8. The molecule has 0 unspecified atom stereocenters. The van der Waals surface area contributed by atoms with E-state index in [0.29, 0.717) is 12.3 Å².